The number of aromatic amines is 1. The predicted octanol–water partition coefficient (Wildman–Crippen LogP) is 3.73. The summed E-state index contributed by atoms with van der Waals surface area (Å²) in [6.45, 7) is 3.15. The summed E-state index contributed by atoms with van der Waals surface area (Å²) in [6, 6.07) is 18.7. The molecule has 28 heavy (non-hydrogen) atoms. The molecule has 2 aromatic carbocycles. The van der Waals surface area contributed by atoms with Gasteiger partial charge in [0, 0.05) is 25.0 Å². The van der Waals surface area contributed by atoms with E-state index in [0.29, 0.717) is 5.69 Å². The summed E-state index contributed by atoms with van der Waals surface area (Å²) in [6.07, 6.45) is 4.45. The van der Waals surface area contributed by atoms with Crippen LogP contribution < -0.4 is 0 Å². The molecule has 1 aliphatic rings. The van der Waals surface area contributed by atoms with Crippen molar-refractivity contribution in [3.05, 3.63) is 65.9 Å². The highest BCUT2D eigenvalue weighted by atomic mass is 16.2. The van der Waals surface area contributed by atoms with E-state index in [1.54, 1.807) is 0 Å². The number of aryl methyl sites for hydroxylation is 1. The van der Waals surface area contributed by atoms with Crippen LogP contribution in [0.2, 0.25) is 0 Å². The second kappa shape index (κ2) is 8.57. The largest absolute Gasteiger partial charge is 0.336 e. The maximum absolute atomic E-state index is 13.0. The van der Waals surface area contributed by atoms with Crippen molar-refractivity contribution in [2.45, 2.75) is 31.7 Å². The third-order valence-electron chi connectivity index (χ3n) is 5.80. The highest BCUT2D eigenvalue weighted by Crippen LogP contribution is 2.21. The van der Waals surface area contributed by atoms with E-state index in [9.17, 15) is 4.79 Å². The second-order valence-electron chi connectivity index (χ2n) is 7.72. The molecule has 0 radical (unpaired) electrons. The van der Waals surface area contributed by atoms with Gasteiger partial charge in [0.25, 0.3) is 5.91 Å². The summed E-state index contributed by atoms with van der Waals surface area (Å²) >= 11 is 0. The average Bonchev–Trinajstić information content (AvgIpc) is 3.18. The molecule has 3 aromatic rings. The number of hydrogen-bond donors (Lipinski definition) is 1. The summed E-state index contributed by atoms with van der Waals surface area (Å²) in [7, 11) is 1.92. The van der Waals surface area contributed by atoms with E-state index in [-0.39, 0.29) is 11.9 Å². The Labute approximate surface area is 166 Å². The lowest BCUT2D eigenvalue weighted by atomic mass is 10.0. The zero-order chi connectivity index (χ0) is 19.3. The van der Waals surface area contributed by atoms with E-state index in [0.717, 1.165) is 56.2 Å². The van der Waals surface area contributed by atoms with E-state index in [1.807, 2.05) is 36.2 Å². The number of nitrogens with zero attached hydrogens (tertiary/aromatic N) is 3. The minimum Gasteiger partial charge on any atom is -0.336 e. The summed E-state index contributed by atoms with van der Waals surface area (Å²) in [5.74, 6) is 0.00795. The van der Waals surface area contributed by atoms with Gasteiger partial charge in [-0.3, -0.25) is 9.89 Å². The third kappa shape index (κ3) is 4.09. The van der Waals surface area contributed by atoms with Crippen molar-refractivity contribution < 1.29 is 4.79 Å². The van der Waals surface area contributed by atoms with E-state index in [2.05, 4.69) is 45.4 Å². The van der Waals surface area contributed by atoms with E-state index in [1.165, 1.54) is 5.56 Å². The Hall–Kier alpha value is -2.66. The van der Waals surface area contributed by atoms with Gasteiger partial charge < -0.3 is 9.80 Å². The fourth-order valence-electron chi connectivity index (χ4n) is 4.16. The van der Waals surface area contributed by atoms with Gasteiger partial charge >= 0.3 is 0 Å². The van der Waals surface area contributed by atoms with Crippen LogP contribution in [-0.4, -0.2) is 58.6 Å². The molecule has 0 saturated carbocycles. The first-order chi connectivity index (χ1) is 13.7. The van der Waals surface area contributed by atoms with Gasteiger partial charge in [-0.2, -0.15) is 5.10 Å². The zero-order valence-corrected chi connectivity index (χ0v) is 16.5. The second-order valence-corrected chi connectivity index (χ2v) is 7.72. The summed E-state index contributed by atoms with van der Waals surface area (Å²) in [5.41, 5.74) is 2.83. The fraction of sp³-hybridized carbons (Fsp3) is 0.391. The lowest BCUT2D eigenvalue weighted by molar-refractivity contribution is 0.0613. The van der Waals surface area contributed by atoms with E-state index >= 15 is 0 Å². The van der Waals surface area contributed by atoms with E-state index in [4.69, 9.17) is 0 Å². The molecule has 5 nitrogen and oxygen atoms in total. The highest BCUT2D eigenvalue weighted by molar-refractivity contribution is 6.04. The highest BCUT2D eigenvalue weighted by Gasteiger charge is 2.28. The molecule has 1 saturated heterocycles. The molecule has 2 heterocycles. The molecule has 1 atom stereocenters. The zero-order valence-electron chi connectivity index (χ0n) is 16.5. The van der Waals surface area contributed by atoms with Gasteiger partial charge in [0.05, 0.1) is 5.52 Å². The van der Waals surface area contributed by atoms with Gasteiger partial charge in [0.1, 0.15) is 0 Å². The standard InChI is InChI=1S/C23H28N4O/c1-26(23(28)22-20-13-5-6-14-21(20)24-25-22)19-12-8-16-27(17-19)15-7-11-18-9-3-2-4-10-18/h2-6,9-10,13-14,19H,7-8,11-12,15-17H2,1H3,(H,24,25)/t19-/m1/s1. The molecule has 1 N–H and O–H groups in total. The molecule has 4 rings (SSSR count). The first-order valence-electron chi connectivity index (χ1n) is 10.2. The first kappa shape index (κ1) is 18.7. The minimum absolute atomic E-state index is 0.00795. The van der Waals surface area contributed by atoms with Crippen LogP contribution in [0.1, 0.15) is 35.3 Å². The number of likely N-dealkylation sites (tertiary alicyclic amines) is 1. The fourth-order valence-corrected chi connectivity index (χ4v) is 4.16. The quantitative estimate of drug-likeness (QED) is 0.713. The van der Waals surface area contributed by atoms with Crippen molar-refractivity contribution in [2.24, 2.45) is 0 Å². The van der Waals surface area contributed by atoms with Crippen LogP contribution in [0.3, 0.4) is 0 Å². The predicted molar refractivity (Wildman–Crippen MR) is 112 cm³/mol. The van der Waals surface area contributed by atoms with Crippen LogP contribution in [0.25, 0.3) is 10.9 Å². The van der Waals surface area contributed by atoms with Crippen LogP contribution in [0.5, 0.6) is 0 Å². The van der Waals surface area contributed by atoms with Gasteiger partial charge in [-0.15, -0.1) is 0 Å². The van der Waals surface area contributed by atoms with Crippen LogP contribution >= 0.6 is 0 Å². The number of rotatable bonds is 6. The normalized spacial score (nSPS) is 17.7. The number of benzene rings is 2. The molecule has 1 fully saturated rings. The smallest absolute Gasteiger partial charge is 0.275 e. The molecule has 1 amide bonds. The van der Waals surface area contributed by atoms with Crippen molar-refractivity contribution in [3.63, 3.8) is 0 Å². The number of H-pyrrole nitrogens is 1. The van der Waals surface area contributed by atoms with Gasteiger partial charge in [0.15, 0.2) is 5.69 Å². The average molecular weight is 377 g/mol. The van der Waals surface area contributed by atoms with E-state index < -0.39 is 0 Å². The monoisotopic (exact) mass is 376 g/mol. The third-order valence-corrected chi connectivity index (χ3v) is 5.80. The SMILES string of the molecule is CN(C(=O)c1n[nH]c2ccccc12)[C@@H]1CCCN(CCCc2ccccc2)C1. The summed E-state index contributed by atoms with van der Waals surface area (Å²) in [5, 5.41) is 8.15. The molecule has 0 unspecified atom stereocenters. The molecule has 146 valence electrons. The molecule has 1 aromatic heterocycles. The number of amides is 1. The summed E-state index contributed by atoms with van der Waals surface area (Å²) in [4.78, 5) is 17.4. The summed E-state index contributed by atoms with van der Waals surface area (Å²) < 4.78 is 0. The van der Waals surface area contributed by atoms with Crippen LogP contribution in [0.4, 0.5) is 0 Å². The first-order valence-corrected chi connectivity index (χ1v) is 10.2. The van der Waals surface area contributed by atoms with Crippen molar-refractivity contribution in [1.82, 2.24) is 20.0 Å². The maximum atomic E-state index is 13.0. The van der Waals surface area contributed by atoms with Gasteiger partial charge in [0.2, 0.25) is 0 Å². The Morgan fingerprint density at radius 1 is 1.18 bits per heavy atom. The molecular weight excluding hydrogens is 348 g/mol. The number of nitrogens with one attached hydrogen (secondary N) is 1. The molecular formula is C23H28N4O. The minimum atomic E-state index is 0.00795. The van der Waals surface area contributed by atoms with Gasteiger partial charge in [-0.05, 0) is 50.4 Å². The molecule has 0 spiro atoms. The van der Waals surface area contributed by atoms with Crippen LogP contribution in [0, 0.1) is 0 Å². The Kier molecular flexibility index (Phi) is 5.72. The molecule has 0 bridgehead atoms. The lowest BCUT2D eigenvalue weighted by Crippen LogP contribution is -2.48. The van der Waals surface area contributed by atoms with Crippen LogP contribution in [0.15, 0.2) is 54.6 Å². The Morgan fingerprint density at radius 2 is 1.96 bits per heavy atom. The van der Waals surface area contributed by atoms with Crippen molar-refractivity contribution >= 4 is 16.8 Å². The Morgan fingerprint density at radius 3 is 2.82 bits per heavy atom. The molecule has 1 aliphatic heterocycles. The number of carbonyl (C=O) groups excluding carboxylic acids is 1. The number of piperidine rings is 1. The number of carbonyl (C=O) groups is 1. The number of aromatic nitrogens is 2. The topological polar surface area (TPSA) is 52.2 Å². The Bertz CT molecular complexity index is 921. The number of fused-ring (bicyclic) bond motifs is 1. The van der Waals surface area contributed by atoms with Gasteiger partial charge in [-0.25, -0.2) is 0 Å². The number of para-hydroxylation sites is 1. The van der Waals surface area contributed by atoms with Crippen molar-refractivity contribution in [1.29, 1.82) is 0 Å². The van der Waals surface area contributed by atoms with Crippen molar-refractivity contribution in [2.75, 3.05) is 26.7 Å². The maximum Gasteiger partial charge on any atom is 0.275 e. The van der Waals surface area contributed by atoms with Gasteiger partial charge in [-0.1, -0.05) is 48.5 Å². The Balaban J connectivity index is 1.35. The number of likely N-dealkylation sites (N-methyl/N-ethyl adjacent to an activating group) is 1. The molecule has 5 heteroatoms. The lowest BCUT2D eigenvalue weighted by Gasteiger charge is -2.37. The van der Waals surface area contributed by atoms with Crippen LogP contribution in [-0.2, 0) is 6.42 Å². The number of hydrogen-bond acceptors (Lipinski definition) is 3. The van der Waals surface area contributed by atoms with Crippen molar-refractivity contribution in [3.8, 4) is 0 Å². The molecule has 0 aliphatic carbocycles.